The van der Waals surface area contributed by atoms with Gasteiger partial charge in [-0.25, -0.2) is 4.39 Å². The van der Waals surface area contributed by atoms with Gasteiger partial charge in [0.05, 0.1) is 6.42 Å². The molecular formula is C14H20FNO2. The van der Waals surface area contributed by atoms with Gasteiger partial charge in [-0.15, -0.1) is 0 Å². The van der Waals surface area contributed by atoms with Crippen molar-refractivity contribution in [3.8, 4) is 0 Å². The molecule has 1 aromatic carbocycles. The van der Waals surface area contributed by atoms with Crippen molar-refractivity contribution in [3.05, 3.63) is 35.6 Å². The van der Waals surface area contributed by atoms with E-state index in [-0.39, 0.29) is 24.8 Å². The Bertz CT molecular complexity index is 409. The molecule has 1 atom stereocenters. The van der Waals surface area contributed by atoms with Gasteiger partial charge in [-0.1, -0.05) is 25.1 Å². The van der Waals surface area contributed by atoms with Crippen LogP contribution in [0, 0.1) is 5.82 Å². The number of hydrogen-bond donors (Lipinski definition) is 2. The molecule has 0 aromatic heterocycles. The summed E-state index contributed by atoms with van der Waals surface area (Å²) in [7, 11) is 0. The number of halogens is 1. The molecule has 100 valence electrons. The fourth-order valence-electron chi connectivity index (χ4n) is 1.77. The molecule has 1 aromatic rings. The minimum Gasteiger partial charge on any atom is -0.396 e. The van der Waals surface area contributed by atoms with Crippen molar-refractivity contribution in [1.82, 2.24) is 5.32 Å². The second-order valence-electron chi connectivity index (χ2n) is 4.70. The van der Waals surface area contributed by atoms with Gasteiger partial charge in [0.2, 0.25) is 5.91 Å². The number of rotatable bonds is 6. The van der Waals surface area contributed by atoms with E-state index in [0.29, 0.717) is 12.0 Å². The van der Waals surface area contributed by atoms with E-state index in [1.807, 2.05) is 13.8 Å². The summed E-state index contributed by atoms with van der Waals surface area (Å²) in [6, 6.07) is 6.25. The minimum absolute atomic E-state index is 0.0182. The lowest BCUT2D eigenvalue weighted by molar-refractivity contribution is -0.122. The van der Waals surface area contributed by atoms with Crippen LogP contribution in [0.2, 0.25) is 0 Å². The topological polar surface area (TPSA) is 49.3 Å². The van der Waals surface area contributed by atoms with Crippen molar-refractivity contribution in [3.63, 3.8) is 0 Å². The quantitative estimate of drug-likeness (QED) is 0.815. The monoisotopic (exact) mass is 253 g/mol. The number of carbonyl (C=O) groups is 1. The maximum atomic E-state index is 13.4. The zero-order valence-electron chi connectivity index (χ0n) is 10.9. The average molecular weight is 253 g/mol. The smallest absolute Gasteiger partial charge is 0.224 e. The van der Waals surface area contributed by atoms with Gasteiger partial charge in [0.1, 0.15) is 5.82 Å². The van der Waals surface area contributed by atoms with Crippen molar-refractivity contribution in [1.29, 1.82) is 0 Å². The Kier molecular flexibility index (Phi) is 5.28. The first-order valence-corrected chi connectivity index (χ1v) is 6.16. The summed E-state index contributed by atoms with van der Waals surface area (Å²) in [5.74, 6) is -0.592. The highest BCUT2D eigenvalue weighted by Crippen LogP contribution is 2.14. The molecule has 0 radical (unpaired) electrons. The highest BCUT2D eigenvalue weighted by atomic mass is 19.1. The van der Waals surface area contributed by atoms with E-state index in [4.69, 9.17) is 5.11 Å². The highest BCUT2D eigenvalue weighted by molar-refractivity contribution is 5.79. The first kappa shape index (κ1) is 14.6. The maximum Gasteiger partial charge on any atom is 0.224 e. The van der Waals surface area contributed by atoms with E-state index in [1.54, 1.807) is 18.2 Å². The Morgan fingerprint density at radius 2 is 2.11 bits per heavy atom. The molecule has 0 fully saturated rings. The predicted octanol–water partition coefficient (Wildman–Crippen LogP) is 2.04. The van der Waals surface area contributed by atoms with E-state index in [9.17, 15) is 9.18 Å². The SMILES string of the molecule is CCC(C)(CCO)NC(=O)Cc1ccccc1F. The zero-order valence-corrected chi connectivity index (χ0v) is 10.9. The van der Waals surface area contributed by atoms with E-state index in [1.165, 1.54) is 6.07 Å². The zero-order chi connectivity index (χ0) is 13.6. The number of carbonyl (C=O) groups excluding carboxylic acids is 1. The van der Waals surface area contributed by atoms with Crippen molar-refractivity contribution < 1.29 is 14.3 Å². The molecule has 0 aliphatic carbocycles. The average Bonchev–Trinajstić information content (AvgIpc) is 2.32. The number of amides is 1. The van der Waals surface area contributed by atoms with Crippen LogP contribution in [0.15, 0.2) is 24.3 Å². The number of hydrogen-bond acceptors (Lipinski definition) is 2. The Labute approximate surface area is 107 Å². The molecule has 4 heteroatoms. The van der Waals surface area contributed by atoms with Gasteiger partial charge in [-0.05, 0) is 31.4 Å². The summed E-state index contributed by atoms with van der Waals surface area (Å²) in [6.45, 7) is 3.84. The van der Waals surface area contributed by atoms with Crippen molar-refractivity contribution in [2.24, 2.45) is 0 Å². The fourth-order valence-corrected chi connectivity index (χ4v) is 1.77. The molecule has 1 rings (SSSR count). The number of nitrogens with one attached hydrogen (secondary N) is 1. The number of benzene rings is 1. The molecule has 0 bridgehead atoms. The van der Waals surface area contributed by atoms with Gasteiger partial charge >= 0.3 is 0 Å². The van der Waals surface area contributed by atoms with E-state index >= 15 is 0 Å². The third-order valence-corrected chi connectivity index (χ3v) is 3.19. The fraction of sp³-hybridized carbons (Fsp3) is 0.500. The highest BCUT2D eigenvalue weighted by Gasteiger charge is 2.23. The molecule has 0 saturated carbocycles. The van der Waals surface area contributed by atoms with Crippen molar-refractivity contribution in [2.45, 2.75) is 38.6 Å². The first-order valence-electron chi connectivity index (χ1n) is 6.16. The van der Waals surface area contributed by atoms with Crippen molar-refractivity contribution in [2.75, 3.05) is 6.61 Å². The van der Waals surface area contributed by atoms with Crippen molar-refractivity contribution >= 4 is 5.91 Å². The normalized spacial score (nSPS) is 14.0. The Morgan fingerprint density at radius 3 is 2.67 bits per heavy atom. The standard InChI is InChI=1S/C14H20FNO2/c1-3-14(2,8-9-17)16-13(18)10-11-6-4-5-7-12(11)15/h4-7,17H,3,8-10H2,1-2H3,(H,16,18). The van der Waals surface area contributed by atoms with Crippen LogP contribution in [0.5, 0.6) is 0 Å². The molecule has 0 aliphatic heterocycles. The predicted molar refractivity (Wildman–Crippen MR) is 68.6 cm³/mol. The lowest BCUT2D eigenvalue weighted by Crippen LogP contribution is -2.46. The molecule has 1 unspecified atom stereocenters. The summed E-state index contributed by atoms with van der Waals surface area (Å²) in [5.41, 5.74) is -0.0469. The molecule has 0 saturated heterocycles. The minimum atomic E-state index is -0.433. The van der Waals surface area contributed by atoms with Crippen LogP contribution in [0.25, 0.3) is 0 Å². The third kappa shape index (κ3) is 4.11. The molecule has 0 aliphatic rings. The van der Waals surface area contributed by atoms with E-state index < -0.39 is 5.54 Å². The summed E-state index contributed by atoms with van der Waals surface area (Å²) < 4.78 is 13.4. The van der Waals surface area contributed by atoms with Crippen LogP contribution >= 0.6 is 0 Å². The second-order valence-corrected chi connectivity index (χ2v) is 4.70. The van der Waals surface area contributed by atoms with Gasteiger partial charge in [0, 0.05) is 12.1 Å². The molecule has 0 spiro atoms. The Morgan fingerprint density at radius 1 is 1.44 bits per heavy atom. The molecule has 3 nitrogen and oxygen atoms in total. The molecule has 18 heavy (non-hydrogen) atoms. The first-order chi connectivity index (χ1) is 8.50. The molecule has 0 heterocycles. The van der Waals surface area contributed by atoms with Crippen LogP contribution in [-0.2, 0) is 11.2 Å². The lowest BCUT2D eigenvalue weighted by Gasteiger charge is -2.29. The largest absolute Gasteiger partial charge is 0.396 e. The van der Waals surface area contributed by atoms with Crippen LogP contribution in [-0.4, -0.2) is 23.2 Å². The number of aliphatic hydroxyl groups is 1. The van der Waals surface area contributed by atoms with Gasteiger partial charge in [0.25, 0.3) is 0 Å². The summed E-state index contributed by atoms with van der Waals surface area (Å²) in [6.07, 6.45) is 1.23. The Balaban J connectivity index is 2.64. The van der Waals surface area contributed by atoms with Crippen LogP contribution in [0.1, 0.15) is 32.3 Å². The number of aliphatic hydroxyl groups excluding tert-OH is 1. The maximum absolute atomic E-state index is 13.4. The second kappa shape index (κ2) is 6.50. The van der Waals surface area contributed by atoms with Gasteiger partial charge in [-0.3, -0.25) is 4.79 Å². The summed E-state index contributed by atoms with van der Waals surface area (Å²) in [5, 5.41) is 11.8. The van der Waals surface area contributed by atoms with Gasteiger partial charge < -0.3 is 10.4 Å². The van der Waals surface area contributed by atoms with Crippen LogP contribution in [0.4, 0.5) is 4.39 Å². The molecule has 2 N–H and O–H groups in total. The summed E-state index contributed by atoms with van der Waals surface area (Å²) >= 11 is 0. The molecule has 1 amide bonds. The van der Waals surface area contributed by atoms with Crippen LogP contribution < -0.4 is 5.32 Å². The van der Waals surface area contributed by atoms with E-state index in [0.717, 1.165) is 6.42 Å². The van der Waals surface area contributed by atoms with Gasteiger partial charge in [-0.2, -0.15) is 0 Å². The van der Waals surface area contributed by atoms with Gasteiger partial charge in [0.15, 0.2) is 0 Å². The Hall–Kier alpha value is -1.42. The van der Waals surface area contributed by atoms with Crippen LogP contribution in [0.3, 0.4) is 0 Å². The lowest BCUT2D eigenvalue weighted by atomic mass is 9.94. The molecular weight excluding hydrogens is 233 g/mol. The third-order valence-electron chi connectivity index (χ3n) is 3.19. The van der Waals surface area contributed by atoms with E-state index in [2.05, 4.69) is 5.32 Å². The summed E-state index contributed by atoms with van der Waals surface area (Å²) in [4.78, 5) is 11.9.